The Kier molecular flexibility index (Phi) is 4.86. The molecule has 5 heteroatoms. The minimum Gasteiger partial charge on any atom is -0.493 e. The third-order valence-electron chi connectivity index (χ3n) is 7.55. The molecule has 1 N–H and O–H groups in total. The number of sulfonamides is 1. The minimum atomic E-state index is -3.56. The Morgan fingerprint density at radius 2 is 1.59 bits per heavy atom. The molecule has 0 amide bonds. The smallest absolute Gasteiger partial charge is 0.241 e. The SMILES string of the molecule is CCOc1ccc(S(=O)(=O)NCCC23CC4CC(CC(C4)C2)C3)c2ccccc12. The number of nitrogens with one attached hydrogen (secondary N) is 1. The van der Waals surface area contributed by atoms with Crippen molar-refractivity contribution in [2.45, 2.75) is 56.8 Å². The van der Waals surface area contributed by atoms with E-state index in [1.807, 2.05) is 31.2 Å². The molecule has 0 spiro atoms. The number of benzene rings is 2. The fraction of sp³-hybridized carbons (Fsp3) is 0.583. The molecule has 4 aliphatic carbocycles. The van der Waals surface area contributed by atoms with Crippen LogP contribution in [-0.2, 0) is 10.0 Å². The van der Waals surface area contributed by atoms with Crippen molar-refractivity contribution in [2.24, 2.45) is 23.2 Å². The highest BCUT2D eigenvalue weighted by Gasteiger charge is 2.50. The molecule has 0 aliphatic heterocycles. The number of ether oxygens (including phenoxy) is 1. The second-order valence-electron chi connectivity index (χ2n) is 9.61. The summed E-state index contributed by atoms with van der Waals surface area (Å²) >= 11 is 0. The van der Waals surface area contributed by atoms with Gasteiger partial charge in [-0.15, -0.1) is 0 Å². The Hall–Kier alpha value is -1.59. The lowest BCUT2D eigenvalue weighted by atomic mass is 9.49. The van der Waals surface area contributed by atoms with Gasteiger partial charge in [0.15, 0.2) is 0 Å². The highest BCUT2D eigenvalue weighted by molar-refractivity contribution is 7.89. The Morgan fingerprint density at radius 3 is 2.21 bits per heavy atom. The van der Waals surface area contributed by atoms with Crippen molar-refractivity contribution in [3.05, 3.63) is 36.4 Å². The van der Waals surface area contributed by atoms with Gasteiger partial charge >= 0.3 is 0 Å². The van der Waals surface area contributed by atoms with E-state index >= 15 is 0 Å². The van der Waals surface area contributed by atoms with Gasteiger partial charge in [-0.1, -0.05) is 24.3 Å². The minimum absolute atomic E-state index is 0.349. The van der Waals surface area contributed by atoms with E-state index in [-0.39, 0.29) is 0 Å². The molecule has 4 saturated carbocycles. The van der Waals surface area contributed by atoms with Crippen LogP contribution < -0.4 is 9.46 Å². The van der Waals surface area contributed by atoms with Crippen LogP contribution >= 0.6 is 0 Å². The molecule has 2 aromatic carbocycles. The molecule has 29 heavy (non-hydrogen) atoms. The van der Waals surface area contributed by atoms with E-state index in [2.05, 4.69) is 4.72 Å². The van der Waals surface area contributed by atoms with E-state index in [0.717, 1.165) is 40.7 Å². The molecular weight excluding hydrogens is 382 g/mol. The molecule has 0 saturated heterocycles. The summed E-state index contributed by atoms with van der Waals surface area (Å²) in [5.74, 6) is 3.42. The summed E-state index contributed by atoms with van der Waals surface area (Å²) in [6.07, 6.45) is 9.17. The second kappa shape index (κ2) is 7.28. The van der Waals surface area contributed by atoms with E-state index in [1.54, 1.807) is 12.1 Å². The van der Waals surface area contributed by atoms with Crippen LogP contribution in [0.1, 0.15) is 51.9 Å². The van der Waals surface area contributed by atoms with Crippen LogP contribution in [0, 0.1) is 23.2 Å². The van der Waals surface area contributed by atoms with Crippen molar-refractivity contribution in [1.29, 1.82) is 0 Å². The lowest BCUT2D eigenvalue weighted by Crippen LogP contribution is -2.47. The van der Waals surface area contributed by atoms with Gasteiger partial charge in [-0.3, -0.25) is 0 Å². The average molecular weight is 414 g/mol. The highest BCUT2D eigenvalue weighted by Crippen LogP contribution is 2.61. The van der Waals surface area contributed by atoms with E-state index in [9.17, 15) is 8.42 Å². The first kappa shape index (κ1) is 19.4. The monoisotopic (exact) mass is 413 g/mol. The summed E-state index contributed by atoms with van der Waals surface area (Å²) in [6.45, 7) is 3.03. The van der Waals surface area contributed by atoms with Crippen molar-refractivity contribution in [3.63, 3.8) is 0 Å². The van der Waals surface area contributed by atoms with Crippen molar-refractivity contribution in [3.8, 4) is 5.75 Å². The second-order valence-corrected chi connectivity index (χ2v) is 11.3. The van der Waals surface area contributed by atoms with Crippen LogP contribution in [-0.4, -0.2) is 21.6 Å². The zero-order valence-corrected chi connectivity index (χ0v) is 18.0. The number of rotatable bonds is 7. The standard InChI is InChI=1S/C24H31NO3S/c1-2-28-22-7-8-23(21-6-4-3-5-20(21)22)29(26,27)25-10-9-24-14-17-11-18(15-24)13-19(12-17)16-24/h3-8,17-19,25H,2,9-16H2,1H3. The molecule has 0 unspecified atom stereocenters. The van der Waals surface area contributed by atoms with Crippen molar-refractivity contribution in [2.75, 3.05) is 13.2 Å². The quantitative estimate of drug-likeness (QED) is 0.685. The maximum absolute atomic E-state index is 13.1. The first-order valence-electron chi connectivity index (χ1n) is 11.1. The molecule has 2 aromatic rings. The number of fused-ring (bicyclic) bond motifs is 1. The lowest BCUT2D eigenvalue weighted by Gasteiger charge is -2.57. The summed E-state index contributed by atoms with van der Waals surface area (Å²) in [6, 6.07) is 11.0. The van der Waals surface area contributed by atoms with E-state index < -0.39 is 10.0 Å². The van der Waals surface area contributed by atoms with Gasteiger partial charge in [-0.05, 0) is 87.2 Å². The first-order valence-corrected chi connectivity index (χ1v) is 12.6. The molecule has 4 fully saturated rings. The molecule has 4 aliphatic rings. The fourth-order valence-electron chi connectivity index (χ4n) is 6.88. The maximum atomic E-state index is 13.1. The van der Waals surface area contributed by atoms with Gasteiger partial charge in [0.1, 0.15) is 5.75 Å². The van der Waals surface area contributed by atoms with Gasteiger partial charge in [0.05, 0.1) is 11.5 Å². The van der Waals surface area contributed by atoms with Crippen LogP contribution in [0.25, 0.3) is 10.8 Å². The third kappa shape index (κ3) is 3.57. The largest absolute Gasteiger partial charge is 0.493 e. The van der Waals surface area contributed by atoms with Crippen LogP contribution in [0.2, 0.25) is 0 Å². The van der Waals surface area contributed by atoms with Gasteiger partial charge < -0.3 is 4.74 Å². The average Bonchev–Trinajstić information content (AvgIpc) is 2.67. The molecule has 4 bridgehead atoms. The van der Waals surface area contributed by atoms with E-state index in [1.165, 1.54) is 38.5 Å². The Labute approximate surface area is 174 Å². The van der Waals surface area contributed by atoms with Crippen molar-refractivity contribution >= 4 is 20.8 Å². The van der Waals surface area contributed by atoms with Gasteiger partial charge in [-0.25, -0.2) is 13.1 Å². The summed E-state index contributed by atoms with van der Waals surface area (Å²) in [5, 5.41) is 1.57. The molecule has 0 heterocycles. The van der Waals surface area contributed by atoms with Crippen LogP contribution in [0.5, 0.6) is 5.75 Å². The zero-order chi connectivity index (χ0) is 20.1. The highest BCUT2D eigenvalue weighted by atomic mass is 32.2. The Bertz CT molecular complexity index is 979. The fourth-order valence-corrected chi connectivity index (χ4v) is 8.12. The van der Waals surface area contributed by atoms with E-state index in [0.29, 0.717) is 23.5 Å². The summed E-state index contributed by atoms with van der Waals surface area (Å²) in [4.78, 5) is 0.349. The topological polar surface area (TPSA) is 55.4 Å². The first-order chi connectivity index (χ1) is 14.0. The molecule has 4 nitrogen and oxygen atoms in total. The van der Waals surface area contributed by atoms with E-state index in [4.69, 9.17) is 4.74 Å². The lowest BCUT2D eigenvalue weighted by molar-refractivity contribution is -0.0561. The summed E-state index contributed by atoms with van der Waals surface area (Å²) in [7, 11) is -3.56. The van der Waals surface area contributed by atoms with Crippen molar-refractivity contribution < 1.29 is 13.2 Å². The predicted molar refractivity (Wildman–Crippen MR) is 116 cm³/mol. The van der Waals surface area contributed by atoms with Crippen LogP contribution in [0.3, 0.4) is 0 Å². The summed E-state index contributed by atoms with van der Waals surface area (Å²) in [5.41, 5.74) is 0.387. The number of hydrogen-bond acceptors (Lipinski definition) is 3. The van der Waals surface area contributed by atoms with Gasteiger partial charge in [0.25, 0.3) is 0 Å². The molecule has 0 aromatic heterocycles. The van der Waals surface area contributed by atoms with Gasteiger partial charge in [-0.2, -0.15) is 0 Å². The predicted octanol–water partition coefficient (Wildman–Crippen LogP) is 5.12. The third-order valence-corrected chi connectivity index (χ3v) is 9.07. The normalized spacial score (nSPS) is 30.7. The Balaban J connectivity index is 1.34. The number of hydrogen-bond donors (Lipinski definition) is 1. The molecule has 6 rings (SSSR count). The van der Waals surface area contributed by atoms with Gasteiger partial charge in [0.2, 0.25) is 10.0 Å². The molecule has 0 radical (unpaired) electrons. The Morgan fingerprint density at radius 1 is 0.966 bits per heavy atom. The van der Waals surface area contributed by atoms with Gasteiger partial charge in [0, 0.05) is 17.3 Å². The summed E-state index contributed by atoms with van der Waals surface area (Å²) < 4.78 is 34.9. The molecule has 156 valence electrons. The van der Waals surface area contributed by atoms with Crippen molar-refractivity contribution in [1.82, 2.24) is 4.72 Å². The van der Waals surface area contributed by atoms with Crippen LogP contribution in [0.15, 0.2) is 41.3 Å². The van der Waals surface area contributed by atoms with Crippen LogP contribution in [0.4, 0.5) is 0 Å². The maximum Gasteiger partial charge on any atom is 0.241 e. The molecular formula is C24H31NO3S. The molecule has 0 atom stereocenters. The zero-order valence-electron chi connectivity index (χ0n) is 17.2.